The Balaban J connectivity index is 3.36. The summed E-state index contributed by atoms with van der Waals surface area (Å²) >= 11 is 1.89. The van der Waals surface area contributed by atoms with Gasteiger partial charge in [0.1, 0.15) is 0 Å². The summed E-state index contributed by atoms with van der Waals surface area (Å²) < 4.78 is 0. The number of unbranched alkanes of at least 4 members (excludes halogenated alkanes) is 1. The second-order valence-electron chi connectivity index (χ2n) is 2.10. The van der Waals surface area contributed by atoms with E-state index in [9.17, 15) is 0 Å². The SMILES string of the molecule is C=C/C(=C\C)SCCCC. The van der Waals surface area contributed by atoms with Crippen LogP contribution < -0.4 is 0 Å². The van der Waals surface area contributed by atoms with Crippen LogP contribution in [0.1, 0.15) is 26.7 Å². The molecule has 0 N–H and O–H groups in total. The molecule has 0 aromatic heterocycles. The molecular formula is C9H16S. The van der Waals surface area contributed by atoms with Crippen molar-refractivity contribution in [3.05, 3.63) is 23.6 Å². The van der Waals surface area contributed by atoms with E-state index >= 15 is 0 Å². The van der Waals surface area contributed by atoms with Gasteiger partial charge < -0.3 is 0 Å². The van der Waals surface area contributed by atoms with Crippen LogP contribution in [0.5, 0.6) is 0 Å². The van der Waals surface area contributed by atoms with E-state index in [1.54, 1.807) is 0 Å². The Kier molecular flexibility index (Phi) is 6.83. The number of thioether (sulfide) groups is 1. The van der Waals surface area contributed by atoms with E-state index in [-0.39, 0.29) is 0 Å². The Morgan fingerprint density at radius 3 is 2.70 bits per heavy atom. The van der Waals surface area contributed by atoms with E-state index < -0.39 is 0 Å². The van der Waals surface area contributed by atoms with Gasteiger partial charge in [0.05, 0.1) is 0 Å². The highest BCUT2D eigenvalue weighted by molar-refractivity contribution is 8.03. The lowest BCUT2D eigenvalue weighted by atomic mass is 10.4. The number of hydrogen-bond donors (Lipinski definition) is 0. The lowest BCUT2D eigenvalue weighted by molar-refractivity contribution is 0.897. The first-order valence-electron chi connectivity index (χ1n) is 3.76. The van der Waals surface area contributed by atoms with Gasteiger partial charge in [0, 0.05) is 4.91 Å². The quantitative estimate of drug-likeness (QED) is 0.433. The fourth-order valence-corrected chi connectivity index (χ4v) is 1.55. The molecule has 0 amide bonds. The van der Waals surface area contributed by atoms with Crippen LogP contribution in [-0.2, 0) is 0 Å². The molecule has 0 spiro atoms. The molecule has 0 saturated heterocycles. The average molecular weight is 156 g/mol. The lowest BCUT2D eigenvalue weighted by Gasteiger charge is -1.98. The summed E-state index contributed by atoms with van der Waals surface area (Å²) in [4.78, 5) is 1.30. The highest BCUT2D eigenvalue weighted by atomic mass is 32.2. The van der Waals surface area contributed by atoms with Crippen molar-refractivity contribution >= 4 is 11.8 Å². The van der Waals surface area contributed by atoms with E-state index in [0.717, 1.165) is 0 Å². The first kappa shape index (κ1) is 9.83. The molecule has 58 valence electrons. The van der Waals surface area contributed by atoms with Crippen molar-refractivity contribution in [2.75, 3.05) is 5.75 Å². The predicted octanol–water partition coefficient (Wildman–Crippen LogP) is 3.61. The van der Waals surface area contributed by atoms with Gasteiger partial charge in [-0.3, -0.25) is 0 Å². The molecule has 0 radical (unpaired) electrons. The van der Waals surface area contributed by atoms with Crippen LogP contribution in [0.3, 0.4) is 0 Å². The third kappa shape index (κ3) is 4.68. The van der Waals surface area contributed by atoms with Gasteiger partial charge in [-0.2, -0.15) is 0 Å². The molecule has 0 fully saturated rings. The Labute approximate surface area is 68.4 Å². The van der Waals surface area contributed by atoms with E-state index in [4.69, 9.17) is 0 Å². The predicted molar refractivity (Wildman–Crippen MR) is 51.3 cm³/mol. The number of hydrogen-bond acceptors (Lipinski definition) is 1. The van der Waals surface area contributed by atoms with Gasteiger partial charge in [-0.15, -0.1) is 11.8 Å². The molecule has 10 heavy (non-hydrogen) atoms. The Bertz CT molecular complexity index is 114. The molecule has 0 rings (SSSR count). The van der Waals surface area contributed by atoms with Crippen LogP contribution in [0, 0.1) is 0 Å². The van der Waals surface area contributed by atoms with Crippen molar-refractivity contribution < 1.29 is 0 Å². The third-order valence-corrected chi connectivity index (χ3v) is 2.48. The second-order valence-corrected chi connectivity index (χ2v) is 3.27. The zero-order valence-electron chi connectivity index (χ0n) is 6.89. The summed E-state index contributed by atoms with van der Waals surface area (Å²) in [5.74, 6) is 1.22. The second kappa shape index (κ2) is 6.94. The van der Waals surface area contributed by atoms with Crippen molar-refractivity contribution in [3.8, 4) is 0 Å². The van der Waals surface area contributed by atoms with Crippen molar-refractivity contribution in [3.63, 3.8) is 0 Å². The molecule has 0 aromatic rings. The highest BCUT2D eigenvalue weighted by Crippen LogP contribution is 2.17. The molecule has 0 aliphatic heterocycles. The van der Waals surface area contributed by atoms with Gasteiger partial charge in [-0.1, -0.05) is 32.1 Å². The molecule has 1 heteroatoms. The minimum Gasteiger partial charge on any atom is -0.127 e. The summed E-state index contributed by atoms with van der Waals surface area (Å²) in [6, 6.07) is 0. The van der Waals surface area contributed by atoms with Crippen LogP contribution >= 0.6 is 11.8 Å². The minimum atomic E-state index is 1.22. The van der Waals surface area contributed by atoms with E-state index in [0.29, 0.717) is 0 Å². The van der Waals surface area contributed by atoms with Crippen LogP contribution in [0.25, 0.3) is 0 Å². The maximum absolute atomic E-state index is 3.72. The van der Waals surface area contributed by atoms with E-state index in [1.165, 1.54) is 23.5 Å². The van der Waals surface area contributed by atoms with Crippen molar-refractivity contribution in [1.29, 1.82) is 0 Å². The van der Waals surface area contributed by atoms with Gasteiger partial charge in [0.2, 0.25) is 0 Å². The molecule has 0 aliphatic carbocycles. The van der Waals surface area contributed by atoms with Gasteiger partial charge in [-0.25, -0.2) is 0 Å². The largest absolute Gasteiger partial charge is 0.127 e. The normalized spacial score (nSPS) is 11.6. The van der Waals surface area contributed by atoms with Crippen LogP contribution in [0.15, 0.2) is 23.6 Å². The fourth-order valence-electron chi connectivity index (χ4n) is 0.594. The summed E-state index contributed by atoms with van der Waals surface area (Å²) in [6.07, 6.45) is 6.60. The monoisotopic (exact) mass is 156 g/mol. The molecule has 0 saturated carbocycles. The molecule has 0 heterocycles. The molecule has 0 atom stereocenters. The molecule has 0 aromatic carbocycles. The summed E-state index contributed by atoms with van der Waals surface area (Å²) in [6.45, 7) is 7.99. The molecule has 0 bridgehead atoms. The summed E-state index contributed by atoms with van der Waals surface area (Å²) in [5, 5.41) is 0. The number of rotatable bonds is 5. The van der Waals surface area contributed by atoms with Crippen LogP contribution in [-0.4, -0.2) is 5.75 Å². The lowest BCUT2D eigenvalue weighted by Crippen LogP contribution is -1.77. The maximum atomic E-state index is 3.72. The van der Waals surface area contributed by atoms with Crippen LogP contribution in [0.4, 0.5) is 0 Å². The first-order valence-corrected chi connectivity index (χ1v) is 4.75. The Morgan fingerprint density at radius 1 is 1.60 bits per heavy atom. The highest BCUT2D eigenvalue weighted by Gasteiger charge is 1.89. The van der Waals surface area contributed by atoms with E-state index in [1.807, 2.05) is 17.8 Å². The van der Waals surface area contributed by atoms with Crippen LogP contribution in [0.2, 0.25) is 0 Å². The molecule has 0 aliphatic rings. The first-order chi connectivity index (χ1) is 4.85. The third-order valence-electron chi connectivity index (χ3n) is 1.25. The minimum absolute atomic E-state index is 1.22. The van der Waals surface area contributed by atoms with Crippen molar-refractivity contribution in [2.45, 2.75) is 26.7 Å². The van der Waals surface area contributed by atoms with Crippen molar-refractivity contribution in [1.82, 2.24) is 0 Å². The Hall–Kier alpha value is -0.170. The van der Waals surface area contributed by atoms with Gasteiger partial charge in [0.15, 0.2) is 0 Å². The van der Waals surface area contributed by atoms with Gasteiger partial charge in [-0.05, 0) is 19.1 Å². The number of allylic oxidation sites excluding steroid dienone is 2. The summed E-state index contributed by atoms with van der Waals surface area (Å²) in [7, 11) is 0. The van der Waals surface area contributed by atoms with E-state index in [2.05, 4.69) is 26.5 Å². The van der Waals surface area contributed by atoms with Crippen molar-refractivity contribution in [2.24, 2.45) is 0 Å². The van der Waals surface area contributed by atoms with Gasteiger partial charge >= 0.3 is 0 Å². The summed E-state index contributed by atoms with van der Waals surface area (Å²) in [5.41, 5.74) is 0. The zero-order valence-corrected chi connectivity index (χ0v) is 7.71. The fraction of sp³-hybridized carbons (Fsp3) is 0.556. The molecule has 0 unspecified atom stereocenters. The standard InChI is InChI=1S/C9H16S/c1-4-7-8-10-9(5-2)6-3/h5-6H,2,4,7-8H2,1,3H3/b9-6+. The molecular weight excluding hydrogens is 140 g/mol. The molecule has 0 nitrogen and oxygen atoms in total. The van der Waals surface area contributed by atoms with Gasteiger partial charge in [0.25, 0.3) is 0 Å². The zero-order chi connectivity index (χ0) is 7.82. The maximum Gasteiger partial charge on any atom is 0.00233 e. The average Bonchev–Trinajstić information content (AvgIpc) is 1.99. The smallest absolute Gasteiger partial charge is 0.00233 e. The topological polar surface area (TPSA) is 0 Å². The Morgan fingerprint density at radius 2 is 2.30 bits per heavy atom.